The van der Waals surface area contributed by atoms with Crippen molar-refractivity contribution < 1.29 is 37.1 Å². The van der Waals surface area contributed by atoms with E-state index in [1.807, 2.05) is 75.4 Å². The number of fused-ring (bicyclic) bond motifs is 8. The number of benzene rings is 2. The highest BCUT2D eigenvalue weighted by Gasteiger charge is 2.62. The summed E-state index contributed by atoms with van der Waals surface area (Å²) in [5, 5.41) is 15.0. The van der Waals surface area contributed by atoms with Crippen LogP contribution in [0, 0.1) is 11.3 Å². The Kier molecular flexibility index (Phi) is 11.7. The summed E-state index contributed by atoms with van der Waals surface area (Å²) in [6.07, 6.45) is 9.07. The van der Waals surface area contributed by atoms with Gasteiger partial charge in [0.15, 0.2) is 0 Å². The molecule has 314 valence electrons. The highest BCUT2D eigenvalue weighted by Crippen LogP contribution is 2.46. The van der Waals surface area contributed by atoms with Crippen LogP contribution < -0.4 is 20.1 Å². The van der Waals surface area contributed by atoms with Crippen molar-refractivity contribution in [2.24, 2.45) is 11.3 Å². The summed E-state index contributed by atoms with van der Waals surface area (Å²) in [4.78, 5) is 59.2. The van der Waals surface area contributed by atoms with E-state index in [-0.39, 0.29) is 26.0 Å². The van der Waals surface area contributed by atoms with Crippen LogP contribution in [0.3, 0.4) is 0 Å². The lowest BCUT2D eigenvalue weighted by atomic mass is 9.85. The molecule has 3 heterocycles. The second-order valence-electron chi connectivity index (χ2n) is 16.9. The van der Waals surface area contributed by atoms with Crippen molar-refractivity contribution in [3.05, 3.63) is 72.8 Å². The summed E-state index contributed by atoms with van der Waals surface area (Å²) < 4.78 is 39.1. The van der Waals surface area contributed by atoms with E-state index in [0.29, 0.717) is 36.4 Å². The number of amides is 4. The number of nitrogens with zero attached hydrogens (tertiary/aromatic N) is 4. The highest BCUT2D eigenvalue weighted by molar-refractivity contribution is 7.91. The number of aromatic nitrogens is 3. The lowest BCUT2D eigenvalue weighted by molar-refractivity contribution is -0.142. The smallest absolute Gasteiger partial charge is 0.407 e. The molecule has 2 aromatic carbocycles. The number of hydrogen-bond donors (Lipinski definition) is 3. The predicted octanol–water partition coefficient (Wildman–Crippen LogP) is 5.16. The molecule has 59 heavy (non-hydrogen) atoms. The van der Waals surface area contributed by atoms with Gasteiger partial charge in [-0.1, -0.05) is 69.3 Å². The minimum atomic E-state index is -3.92. The Morgan fingerprint density at radius 3 is 2.42 bits per heavy atom. The second kappa shape index (κ2) is 16.6. The Labute approximate surface area is 345 Å². The fourth-order valence-electron chi connectivity index (χ4n) is 7.86. The molecule has 3 fully saturated rings. The summed E-state index contributed by atoms with van der Waals surface area (Å²) in [5.74, 6) is -1.87. The maximum atomic E-state index is 14.8. The number of carbonyl (C=O) groups excluding carboxylic acids is 4. The van der Waals surface area contributed by atoms with Crippen molar-refractivity contribution in [2.75, 3.05) is 20.3 Å². The lowest BCUT2D eigenvalue weighted by Crippen LogP contribution is -2.60. The molecule has 15 nitrogen and oxygen atoms in total. The third-order valence-corrected chi connectivity index (χ3v) is 13.4. The summed E-state index contributed by atoms with van der Waals surface area (Å²) in [6, 6.07) is 12.5. The molecule has 2 saturated carbocycles. The molecule has 4 aliphatic rings. The standard InChI is InChI=1S/C43H53N7O8S/c1-6-30-25-43(30,40(53)48-59(55,56)32-19-20-32)45-38(51)33-24-31-26-49(33)39(52)37(42(2,3)4)44-41(54)58-22-14-9-7-8-11-17-28-23-29(18-21-34(28)57-5)36-35(46-50(31)47-36)27-15-12-10-13-16-27/h6,10-13,15-18,21,23,30-33,37H,1,7-9,14,19-20,22,24-26H2,2-5H3,(H,44,54)(H,45,51)(H,48,53)/b17-11+/t30-,31-,33+,37-,43-/m1/s1. The van der Waals surface area contributed by atoms with Crippen LogP contribution >= 0.6 is 0 Å². The Balaban J connectivity index is 1.29. The lowest BCUT2D eigenvalue weighted by Gasteiger charge is -2.35. The van der Waals surface area contributed by atoms with Crippen LogP contribution in [-0.4, -0.2) is 95.3 Å². The van der Waals surface area contributed by atoms with E-state index in [4.69, 9.17) is 19.7 Å². The number of nitrogens with one attached hydrogen (secondary N) is 3. The van der Waals surface area contributed by atoms with E-state index >= 15 is 0 Å². The van der Waals surface area contributed by atoms with Crippen LogP contribution in [0.25, 0.3) is 28.6 Å². The van der Waals surface area contributed by atoms with Crippen molar-refractivity contribution in [2.45, 2.75) is 101 Å². The Hall–Kier alpha value is -5.51. The van der Waals surface area contributed by atoms with Gasteiger partial charge >= 0.3 is 6.09 Å². The normalized spacial score (nSPS) is 25.7. The minimum Gasteiger partial charge on any atom is -0.496 e. The molecule has 16 heteroatoms. The molecular weight excluding hydrogens is 775 g/mol. The Bertz CT molecular complexity index is 2250. The van der Waals surface area contributed by atoms with Gasteiger partial charge < -0.3 is 25.0 Å². The molecule has 0 spiro atoms. The van der Waals surface area contributed by atoms with Crippen molar-refractivity contribution in [3.63, 3.8) is 0 Å². The largest absolute Gasteiger partial charge is 0.496 e. The maximum Gasteiger partial charge on any atom is 0.407 e. The monoisotopic (exact) mass is 827 g/mol. The zero-order valence-electron chi connectivity index (χ0n) is 34.0. The van der Waals surface area contributed by atoms with Gasteiger partial charge in [-0.25, -0.2) is 13.2 Å². The minimum absolute atomic E-state index is 0.0146. The molecule has 3 aromatic rings. The SMILES string of the molecule is C=C[C@@H]1C[C@]1(NC(=O)[C@@H]1C[C@@H]2CN1C(=O)[C@H](C(C)(C)C)NC(=O)OCCCCC/C=C/c1cc(ccc1OC)-c1nn2nc1-c1ccccc1)C(=O)NS(=O)(=O)C1CC1. The van der Waals surface area contributed by atoms with Crippen LogP contribution in [0.4, 0.5) is 4.79 Å². The summed E-state index contributed by atoms with van der Waals surface area (Å²) >= 11 is 0. The average Bonchev–Trinajstić information content (AvgIpc) is 4.10. The van der Waals surface area contributed by atoms with Gasteiger partial charge in [0, 0.05) is 35.6 Å². The van der Waals surface area contributed by atoms with Crippen molar-refractivity contribution in [3.8, 4) is 28.3 Å². The van der Waals surface area contributed by atoms with Crippen LogP contribution in [-0.2, 0) is 29.1 Å². The molecule has 5 atom stereocenters. The molecule has 0 unspecified atom stereocenters. The van der Waals surface area contributed by atoms with Gasteiger partial charge in [0.1, 0.15) is 34.8 Å². The molecule has 2 aliphatic carbocycles. The van der Waals surface area contributed by atoms with E-state index < -0.39 is 74.1 Å². The van der Waals surface area contributed by atoms with Crippen molar-refractivity contribution in [1.29, 1.82) is 0 Å². The molecule has 1 saturated heterocycles. The fourth-order valence-corrected chi connectivity index (χ4v) is 9.23. The Morgan fingerprint density at radius 2 is 1.76 bits per heavy atom. The first-order valence-electron chi connectivity index (χ1n) is 20.3. The molecule has 4 amide bonds. The van der Waals surface area contributed by atoms with Gasteiger partial charge in [0.25, 0.3) is 5.91 Å². The third-order valence-electron chi connectivity index (χ3n) is 11.5. The topological polar surface area (TPSA) is 191 Å². The van der Waals surface area contributed by atoms with Gasteiger partial charge in [0.2, 0.25) is 21.8 Å². The summed E-state index contributed by atoms with van der Waals surface area (Å²) in [7, 11) is -2.30. The van der Waals surface area contributed by atoms with Crippen LogP contribution in [0.1, 0.15) is 83.7 Å². The van der Waals surface area contributed by atoms with Gasteiger partial charge in [-0.15, -0.1) is 6.58 Å². The van der Waals surface area contributed by atoms with Gasteiger partial charge in [-0.3, -0.25) is 19.1 Å². The number of carbonyl (C=O) groups is 4. The number of cyclic esters (lactones) is 1. The first kappa shape index (κ1) is 41.6. The molecule has 2 aliphatic heterocycles. The molecule has 3 N–H and O–H groups in total. The summed E-state index contributed by atoms with van der Waals surface area (Å²) in [5.41, 5.74) is 1.24. The quantitative estimate of drug-likeness (QED) is 0.256. The van der Waals surface area contributed by atoms with Crippen LogP contribution in [0.5, 0.6) is 5.75 Å². The van der Waals surface area contributed by atoms with E-state index in [1.165, 1.54) is 15.8 Å². The number of ether oxygens (including phenoxy) is 2. The van der Waals surface area contributed by atoms with E-state index in [9.17, 15) is 27.6 Å². The Morgan fingerprint density at radius 1 is 1.03 bits per heavy atom. The molecular formula is C43H53N7O8S. The highest BCUT2D eigenvalue weighted by atomic mass is 32.2. The van der Waals surface area contributed by atoms with E-state index in [1.54, 1.807) is 7.11 Å². The molecule has 1 aromatic heterocycles. The zero-order chi connectivity index (χ0) is 42.1. The number of allylic oxidation sites excluding steroid dienone is 1. The van der Waals surface area contributed by atoms with Crippen LogP contribution in [0.15, 0.2) is 67.3 Å². The molecule has 6 bridgehead atoms. The third kappa shape index (κ3) is 8.92. The first-order chi connectivity index (χ1) is 28.1. The number of alkyl carbamates (subject to hydrolysis) is 1. The van der Waals surface area contributed by atoms with Crippen LogP contribution in [0.2, 0.25) is 0 Å². The number of sulfonamides is 1. The molecule has 0 radical (unpaired) electrons. The zero-order valence-corrected chi connectivity index (χ0v) is 34.8. The maximum absolute atomic E-state index is 14.8. The average molecular weight is 828 g/mol. The summed E-state index contributed by atoms with van der Waals surface area (Å²) in [6.45, 7) is 9.38. The van der Waals surface area contributed by atoms with Crippen molar-refractivity contribution in [1.82, 2.24) is 35.2 Å². The predicted molar refractivity (Wildman–Crippen MR) is 221 cm³/mol. The fraction of sp³-hybridized carbons (Fsp3) is 0.488. The molecule has 7 rings (SSSR count). The van der Waals surface area contributed by atoms with Gasteiger partial charge in [-0.2, -0.15) is 15.0 Å². The number of methoxy groups -OCH3 is 1. The van der Waals surface area contributed by atoms with E-state index in [2.05, 4.69) is 28.0 Å². The van der Waals surface area contributed by atoms with Crippen molar-refractivity contribution >= 4 is 39.9 Å². The second-order valence-corrected chi connectivity index (χ2v) is 18.9. The number of hydrogen-bond acceptors (Lipinski definition) is 10. The first-order valence-corrected chi connectivity index (χ1v) is 21.8. The van der Waals surface area contributed by atoms with Gasteiger partial charge in [-0.05, 0) is 68.6 Å². The van der Waals surface area contributed by atoms with Gasteiger partial charge in [0.05, 0.1) is 25.0 Å². The number of rotatable bonds is 8. The van der Waals surface area contributed by atoms with E-state index in [0.717, 1.165) is 36.0 Å².